The maximum Gasteiger partial charge on any atom is 0.329 e. The number of nitrogens with zero attached hydrogens (tertiary/aromatic N) is 4. The first-order chi connectivity index (χ1) is 10.0. The fourth-order valence-corrected chi connectivity index (χ4v) is 2.75. The lowest BCUT2D eigenvalue weighted by Crippen LogP contribution is -2.36. The van der Waals surface area contributed by atoms with E-state index in [0.717, 1.165) is 25.9 Å². The zero-order valence-corrected chi connectivity index (χ0v) is 12.9. The lowest BCUT2D eigenvalue weighted by atomic mass is 9.87. The van der Waals surface area contributed by atoms with Gasteiger partial charge in [-0.15, -0.1) is 0 Å². The van der Waals surface area contributed by atoms with Gasteiger partial charge >= 0.3 is 5.69 Å². The number of rotatable bonds is 5. The second kappa shape index (κ2) is 6.69. The Morgan fingerprint density at radius 1 is 1.48 bits per heavy atom. The molecule has 1 N–H and O–H groups in total. The molecule has 1 aromatic heterocycles. The van der Waals surface area contributed by atoms with Crippen molar-refractivity contribution in [2.45, 2.75) is 33.6 Å². The van der Waals surface area contributed by atoms with Crippen molar-refractivity contribution in [1.29, 1.82) is 0 Å². The molecule has 2 heterocycles. The van der Waals surface area contributed by atoms with E-state index < -0.39 is 4.92 Å². The molecule has 0 amide bonds. The molecule has 116 valence electrons. The highest BCUT2D eigenvalue weighted by molar-refractivity contribution is 5.59. The number of nitro groups is 1. The molecule has 0 bridgehead atoms. The van der Waals surface area contributed by atoms with Gasteiger partial charge in [-0.1, -0.05) is 13.8 Å². The van der Waals surface area contributed by atoms with Crippen molar-refractivity contribution in [2.24, 2.45) is 11.8 Å². The molecule has 1 aromatic rings. The van der Waals surface area contributed by atoms with Gasteiger partial charge in [-0.3, -0.25) is 10.1 Å². The van der Waals surface area contributed by atoms with Gasteiger partial charge in [0.2, 0.25) is 11.8 Å². The Labute approximate surface area is 124 Å². The molecule has 0 unspecified atom stereocenters. The summed E-state index contributed by atoms with van der Waals surface area (Å²) in [4.78, 5) is 21.1. The molecule has 0 aromatic carbocycles. The lowest BCUT2D eigenvalue weighted by Gasteiger charge is -2.34. The molecule has 1 saturated heterocycles. The predicted octanol–water partition coefficient (Wildman–Crippen LogP) is 2.69. The summed E-state index contributed by atoms with van der Waals surface area (Å²) in [7, 11) is 0. The average molecular weight is 293 g/mol. The number of anilines is 2. The molecule has 1 fully saturated rings. The second-order valence-electron chi connectivity index (χ2n) is 5.76. The number of piperidine rings is 1. The third-order valence-corrected chi connectivity index (χ3v) is 4.06. The van der Waals surface area contributed by atoms with Crippen LogP contribution in [-0.4, -0.2) is 34.5 Å². The number of aromatic nitrogens is 2. The number of hydrogen-bond donors (Lipinski definition) is 1. The van der Waals surface area contributed by atoms with Crippen LogP contribution >= 0.6 is 0 Å². The van der Waals surface area contributed by atoms with Crippen LogP contribution in [0.2, 0.25) is 0 Å². The normalized spacial score (nSPS) is 16.3. The van der Waals surface area contributed by atoms with Gasteiger partial charge in [0.25, 0.3) is 0 Å². The molecule has 21 heavy (non-hydrogen) atoms. The average Bonchev–Trinajstić information content (AvgIpc) is 2.47. The van der Waals surface area contributed by atoms with Gasteiger partial charge in [-0.25, -0.2) is 4.98 Å². The Morgan fingerprint density at radius 2 is 2.14 bits per heavy atom. The van der Waals surface area contributed by atoms with Gasteiger partial charge in [0.05, 0.1) is 4.92 Å². The highest BCUT2D eigenvalue weighted by atomic mass is 16.6. The minimum atomic E-state index is -0.403. The molecule has 0 saturated carbocycles. The Morgan fingerprint density at radius 3 is 2.67 bits per heavy atom. The summed E-state index contributed by atoms with van der Waals surface area (Å²) in [5, 5.41) is 14.2. The predicted molar refractivity (Wildman–Crippen MR) is 82.6 cm³/mol. The summed E-state index contributed by atoms with van der Waals surface area (Å²) in [6, 6.07) is 0. The van der Waals surface area contributed by atoms with Gasteiger partial charge in [0.15, 0.2) is 0 Å². The SMILES string of the molecule is CCNc1ncc([N+](=O)[O-])c(N2CCC(C(C)C)CC2)n1. The van der Waals surface area contributed by atoms with Crippen molar-refractivity contribution in [1.82, 2.24) is 9.97 Å². The van der Waals surface area contributed by atoms with Crippen LogP contribution in [0.15, 0.2) is 6.20 Å². The summed E-state index contributed by atoms with van der Waals surface area (Å²) in [5.74, 6) is 2.23. The molecule has 0 radical (unpaired) electrons. The molecule has 7 heteroatoms. The summed E-state index contributed by atoms with van der Waals surface area (Å²) in [5.41, 5.74) is -0.0142. The Hall–Kier alpha value is -1.92. The zero-order valence-electron chi connectivity index (χ0n) is 12.9. The van der Waals surface area contributed by atoms with Crippen LogP contribution < -0.4 is 10.2 Å². The van der Waals surface area contributed by atoms with Gasteiger partial charge in [0.1, 0.15) is 6.20 Å². The highest BCUT2D eigenvalue weighted by Crippen LogP contribution is 2.31. The fraction of sp³-hybridized carbons (Fsp3) is 0.714. The number of hydrogen-bond acceptors (Lipinski definition) is 6. The standard InChI is InChI=1S/C14H23N5O2/c1-4-15-14-16-9-12(19(20)21)13(17-14)18-7-5-11(6-8-18)10(2)3/h9-11H,4-8H2,1-3H3,(H,15,16,17). The first-order valence-electron chi connectivity index (χ1n) is 7.53. The van der Waals surface area contributed by atoms with E-state index in [2.05, 4.69) is 29.1 Å². The van der Waals surface area contributed by atoms with E-state index in [1.807, 2.05) is 11.8 Å². The van der Waals surface area contributed by atoms with Gasteiger partial charge in [-0.05, 0) is 31.6 Å². The molecule has 2 rings (SSSR count). The zero-order chi connectivity index (χ0) is 15.4. The lowest BCUT2D eigenvalue weighted by molar-refractivity contribution is -0.384. The molecular formula is C14H23N5O2. The van der Waals surface area contributed by atoms with Gasteiger partial charge in [0, 0.05) is 19.6 Å². The van der Waals surface area contributed by atoms with Crippen molar-refractivity contribution in [3.63, 3.8) is 0 Å². The smallest absolute Gasteiger partial charge is 0.329 e. The molecule has 7 nitrogen and oxygen atoms in total. The largest absolute Gasteiger partial charge is 0.354 e. The molecule has 0 atom stereocenters. The Bertz CT molecular complexity index is 498. The molecule has 1 aliphatic rings. The van der Waals surface area contributed by atoms with E-state index in [1.165, 1.54) is 6.20 Å². The van der Waals surface area contributed by atoms with Gasteiger partial charge < -0.3 is 10.2 Å². The van der Waals surface area contributed by atoms with Crippen molar-refractivity contribution in [3.05, 3.63) is 16.3 Å². The molecular weight excluding hydrogens is 270 g/mol. The maximum atomic E-state index is 11.2. The van der Waals surface area contributed by atoms with Crippen LogP contribution in [0.25, 0.3) is 0 Å². The van der Waals surface area contributed by atoms with Crippen molar-refractivity contribution < 1.29 is 4.92 Å². The third kappa shape index (κ3) is 3.59. The van der Waals surface area contributed by atoms with E-state index in [9.17, 15) is 10.1 Å². The Balaban J connectivity index is 2.21. The topological polar surface area (TPSA) is 84.2 Å². The second-order valence-corrected chi connectivity index (χ2v) is 5.76. The quantitative estimate of drug-likeness (QED) is 0.663. The molecule has 1 aliphatic heterocycles. The maximum absolute atomic E-state index is 11.2. The van der Waals surface area contributed by atoms with Crippen molar-refractivity contribution in [2.75, 3.05) is 29.9 Å². The van der Waals surface area contributed by atoms with Crippen LogP contribution in [-0.2, 0) is 0 Å². The monoisotopic (exact) mass is 293 g/mol. The van der Waals surface area contributed by atoms with Crippen LogP contribution in [0.1, 0.15) is 33.6 Å². The minimum absolute atomic E-state index is 0.0142. The highest BCUT2D eigenvalue weighted by Gasteiger charge is 2.28. The molecule has 0 aliphatic carbocycles. The van der Waals surface area contributed by atoms with Crippen molar-refractivity contribution in [3.8, 4) is 0 Å². The first kappa shape index (κ1) is 15.5. The van der Waals surface area contributed by atoms with E-state index in [1.54, 1.807) is 0 Å². The summed E-state index contributed by atoms with van der Waals surface area (Å²) in [6.07, 6.45) is 3.40. The first-order valence-corrected chi connectivity index (χ1v) is 7.53. The van der Waals surface area contributed by atoms with E-state index >= 15 is 0 Å². The third-order valence-electron chi connectivity index (χ3n) is 4.06. The van der Waals surface area contributed by atoms with Crippen molar-refractivity contribution >= 4 is 17.5 Å². The summed E-state index contributed by atoms with van der Waals surface area (Å²) in [6.45, 7) is 8.72. The summed E-state index contributed by atoms with van der Waals surface area (Å²) >= 11 is 0. The fourth-order valence-electron chi connectivity index (χ4n) is 2.75. The number of nitrogens with one attached hydrogen (secondary N) is 1. The van der Waals surface area contributed by atoms with E-state index in [-0.39, 0.29) is 5.69 Å². The molecule has 0 spiro atoms. The van der Waals surface area contributed by atoms with Crippen LogP contribution in [0.4, 0.5) is 17.5 Å². The van der Waals surface area contributed by atoms with Crippen LogP contribution in [0, 0.1) is 22.0 Å². The van der Waals surface area contributed by atoms with E-state index in [4.69, 9.17) is 0 Å². The van der Waals surface area contributed by atoms with Crippen LogP contribution in [0.3, 0.4) is 0 Å². The summed E-state index contributed by atoms with van der Waals surface area (Å²) < 4.78 is 0. The minimum Gasteiger partial charge on any atom is -0.354 e. The van der Waals surface area contributed by atoms with Gasteiger partial charge in [-0.2, -0.15) is 4.98 Å². The Kier molecular flexibility index (Phi) is 4.93. The van der Waals surface area contributed by atoms with E-state index in [0.29, 0.717) is 30.1 Å². The van der Waals surface area contributed by atoms with Crippen LogP contribution in [0.5, 0.6) is 0 Å².